The van der Waals surface area contributed by atoms with Gasteiger partial charge in [-0.05, 0) is 88.1 Å². The number of fused-ring (bicyclic) bond motifs is 2. The molecule has 13 nitrogen and oxygen atoms in total. The van der Waals surface area contributed by atoms with Crippen LogP contribution in [0.5, 0.6) is 5.75 Å². The Morgan fingerprint density at radius 3 is 2.52 bits per heavy atom. The van der Waals surface area contributed by atoms with Crippen LogP contribution >= 0.6 is 22.7 Å². The first kappa shape index (κ1) is 41.4. The van der Waals surface area contributed by atoms with E-state index in [-0.39, 0.29) is 35.1 Å². The Balaban J connectivity index is 0.828. The maximum atomic E-state index is 15.0. The number of anilines is 4. The summed E-state index contributed by atoms with van der Waals surface area (Å²) in [6, 6.07) is 16.3. The number of ketones is 1. The van der Waals surface area contributed by atoms with Crippen LogP contribution in [0.25, 0.3) is 10.2 Å². The highest BCUT2D eigenvalue weighted by atomic mass is 32.1. The van der Waals surface area contributed by atoms with E-state index in [2.05, 4.69) is 42.2 Å². The number of aromatic carboxylic acids is 1. The molecule has 2 aliphatic heterocycles. The number of hydrogen-bond donors (Lipinski definition) is 2. The lowest BCUT2D eigenvalue weighted by Crippen LogP contribution is -2.48. The molecular weight excluding hydrogens is 823 g/mol. The number of aryl methyl sites for hydroxylation is 1. The van der Waals surface area contributed by atoms with Gasteiger partial charge in [0.05, 0.1) is 28.9 Å². The molecule has 61 heavy (non-hydrogen) atoms. The molecule has 1 fully saturated rings. The van der Waals surface area contributed by atoms with E-state index in [1.165, 1.54) is 42.5 Å². The number of Topliss-reactive ketones (excluding diaryl/α,β-unsaturated/α-hetero) is 1. The van der Waals surface area contributed by atoms with Crippen molar-refractivity contribution in [2.24, 2.45) is 0 Å². The number of ether oxygens (including phenoxy) is 1. The number of hydrogen-bond acceptors (Lipinski definition) is 13. The average Bonchev–Trinajstić information content (AvgIpc) is 3.88. The van der Waals surface area contributed by atoms with E-state index in [1.807, 2.05) is 36.1 Å². The minimum atomic E-state index is -1.12. The van der Waals surface area contributed by atoms with Crippen molar-refractivity contribution in [3.05, 3.63) is 111 Å². The molecule has 6 aromatic rings. The van der Waals surface area contributed by atoms with Gasteiger partial charge in [0.1, 0.15) is 5.82 Å². The van der Waals surface area contributed by atoms with Crippen molar-refractivity contribution in [1.29, 1.82) is 0 Å². The lowest BCUT2D eigenvalue weighted by atomic mass is 10.0. The van der Waals surface area contributed by atoms with Gasteiger partial charge < -0.3 is 25.0 Å². The maximum Gasteiger partial charge on any atom is 0.355 e. The highest BCUT2D eigenvalue weighted by Crippen LogP contribution is 2.39. The van der Waals surface area contributed by atoms with Crippen LogP contribution in [0.15, 0.2) is 60.7 Å². The molecule has 3 aromatic carbocycles. The summed E-state index contributed by atoms with van der Waals surface area (Å²) in [5.41, 5.74) is 3.49. The molecule has 1 amide bonds. The number of amides is 1. The van der Waals surface area contributed by atoms with Crippen molar-refractivity contribution in [2.75, 3.05) is 56.1 Å². The van der Waals surface area contributed by atoms with Crippen molar-refractivity contribution in [3.8, 4) is 17.6 Å². The van der Waals surface area contributed by atoms with Gasteiger partial charge in [-0.15, -0.1) is 21.5 Å². The van der Waals surface area contributed by atoms with Gasteiger partial charge in [0, 0.05) is 59.9 Å². The number of nitrogens with one attached hydrogen (secondary N) is 1. The van der Waals surface area contributed by atoms with Gasteiger partial charge in [0.2, 0.25) is 0 Å². The molecule has 17 heteroatoms. The standard InChI is InChI=1S/C44H40F2N8O5S2/c1-26-30-9-6-18-54(40(30)51-50-39(26)49-43-47-34-10-3-4-11-36(34)60-43)44-48-38(42(57)58)37(61-44)12-7-23-59-35-16-13-28(24-33(35)46)8-5-17-52-19-21-53(22-20-52)41(56)29-14-15-31(27(2)55)32(45)25-29/h3-4,10-11,13-16,24-25H,6-7,9,12,17-23H2,1-2H3,(H,57,58)(H,47,49,50). The number of aromatic nitrogens is 4. The van der Waals surface area contributed by atoms with E-state index in [1.54, 1.807) is 22.3 Å². The molecule has 312 valence electrons. The fourth-order valence-electron chi connectivity index (χ4n) is 7.29. The number of halogens is 2. The zero-order valence-electron chi connectivity index (χ0n) is 33.3. The number of rotatable bonds is 12. The van der Waals surface area contributed by atoms with E-state index in [9.17, 15) is 23.9 Å². The Morgan fingerprint density at radius 1 is 0.951 bits per heavy atom. The van der Waals surface area contributed by atoms with Crippen LogP contribution in [0.4, 0.5) is 30.7 Å². The number of carbonyl (C=O) groups is 3. The highest BCUT2D eigenvalue weighted by molar-refractivity contribution is 7.22. The molecule has 2 N–H and O–H groups in total. The zero-order valence-corrected chi connectivity index (χ0v) is 35.0. The van der Waals surface area contributed by atoms with Crippen molar-refractivity contribution in [1.82, 2.24) is 30.0 Å². The molecule has 8 rings (SSSR count). The largest absolute Gasteiger partial charge is 0.491 e. The summed E-state index contributed by atoms with van der Waals surface area (Å²) < 4.78 is 36.1. The summed E-state index contributed by atoms with van der Waals surface area (Å²) in [4.78, 5) is 52.1. The fourth-order valence-corrected chi connectivity index (χ4v) is 9.28. The van der Waals surface area contributed by atoms with Crippen LogP contribution in [0, 0.1) is 30.4 Å². The van der Waals surface area contributed by atoms with Crippen LogP contribution in [0.1, 0.15) is 72.5 Å². The smallest absolute Gasteiger partial charge is 0.355 e. The summed E-state index contributed by atoms with van der Waals surface area (Å²) in [5, 5.41) is 23.7. The van der Waals surface area contributed by atoms with Gasteiger partial charge in [0.25, 0.3) is 5.91 Å². The number of thiazole rings is 2. The molecule has 0 aliphatic carbocycles. The molecule has 3 aromatic heterocycles. The first-order chi connectivity index (χ1) is 29.5. The predicted octanol–water partition coefficient (Wildman–Crippen LogP) is 7.68. The minimum absolute atomic E-state index is 0.0237. The van der Waals surface area contributed by atoms with Gasteiger partial charge in [0.15, 0.2) is 44.9 Å². The Hall–Kier alpha value is -6.35. The van der Waals surface area contributed by atoms with E-state index in [0.717, 1.165) is 45.4 Å². The number of para-hydroxylation sites is 1. The third kappa shape index (κ3) is 9.21. The normalized spacial score (nSPS) is 14.0. The number of nitrogens with zero attached hydrogens (tertiary/aromatic N) is 7. The molecule has 0 saturated carbocycles. The molecule has 0 atom stereocenters. The second-order valence-electron chi connectivity index (χ2n) is 14.6. The second-order valence-corrected chi connectivity index (χ2v) is 16.7. The third-order valence-corrected chi connectivity index (χ3v) is 12.6. The Bertz CT molecular complexity index is 2690. The molecule has 0 radical (unpaired) electrons. The molecule has 0 unspecified atom stereocenters. The summed E-state index contributed by atoms with van der Waals surface area (Å²) in [6.45, 7) is 6.48. The molecule has 1 saturated heterocycles. The number of carboxylic acids is 1. The van der Waals surface area contributed by atoms with Crippen molar-refractivity contribution in [3.63, 3.8) is 0 Å². The van der Waals surface area contributed by atoms with E-state index in [0.29, 0.717) is 79.3 Å². The van der Waals surface area contributed by atoms with Gasteiger partial charge >= 0.3 is 5.97 Å². The molecule has 0 bridgehead atoms. The van der Waals surface area contributed by atoms with Crippen LogP contribution in [0.2, 0.25) is 0 Å². The quantitative estimate of drug-likeness (QED) is 0.0705. The van der Waals surface area contributed by atoms with Gasteiger partial charge in [-0.2, -0.15) is 0 Å². The summed E-state index contributed by atoms with van der Waals surface area (Å²) in [7, 11) is 0. The van der Waals surface area contributed by atoms with Gasteiger partial charge in [-0.25, -0.2) is 23.5 Å². The van der Waals surface area contributed by atoms with E-state index >= 15 is 4.39 Å². The second kappa shape index (κ2) is 18.1. The fraction of sp³-hybridized carbons (Fsp3) is 0.295. The molecule has 2 aliphatic rings. The van der Waals surface area contributed by atoms with Gasteiger partial charge in [-0.3, -0.25) is 14.5 Å². The number of benzene rings is 3. The monoisotopic (exact) mass is 862 g/mol. The molecule has 5 heterocycles. The van der Waals surface area contributed by atoms with Gasteiger partial charge in [-0.1, -0.05) is 35.3 Å². The minimum Gasteiger partial charge on any atom is -0.491 e. The summed E-state index contributed by atoms with van der Waals surface area (Å²) in [5.74, 6) is 4.32. The molecular formula is C44H40F2N8O5S2. The maximum absolute atomic E-state index is 15.0. The van der Waals surface area contributed by atoms with Crippen LogP contribution in [0.3, 0.4) is 0 Å². The van der Waals surface area contributed by atoms with Crippen LogP contribution in [-0.4, -0.2) is 98.6 Å². The third-order valence-electron chi connectivity index (χ3n) is 10.6. The summed E-state index contributed by atoms with van der Waals surface area (Å²) >= 11 is 2.84. The zero-order chi connectivity index (χ0) is 42.6. The number of carboxylic acid groups (broad SMARTS) is 1. The van der Waals surface area contributed by atoms with Crippen LogP contribution < -0.4 is 15.0 Å². The topological polar surface area (TPSA) is 154 Å². The van der Waals surface area contributed by atoms with Crippen molar-refractivity contribution in [2.45, 2.75) is 39.5 Å². The average molecular weight is 863 g/mol. The van der Waals surface area contributed by atoms with Crippen LogP contribution in [-0.2, 0) is 12.8 Å². The summed E-state index contributed by atoms with van der Waals surface area (Å²) in [6.07, 6.45) is 2.43. The first-order valence-corrected chi connectivity index (χ1v) is 21.4. The van der Waals surface area contributed by atoms with E-state index < -0.39 is 23.4 Å². The first-order valence-electron chi connectivity index (χ1n) is 19.7. The predicted molar refractivity (Wildman–Crippen MR) is 230 cm³/mol. The number of piperazine rings is 1. The highest BCUT2D eigenvalue weighted by Gasteiger charge is 2.29. The Morgan fingerprint density at radius 2 is 1.77 bits per heavy atom. The Labute approximate surface area is 358 Å². The SMILES string of the molecule is CC(=O)c1ccc(C(=O)N2CCN(CC#Cc3ccc(OCCCc4sc(N5CCCc6c5nnc(Nc5nc7ccccc7s5)c6C)nc4C(=O)O)c(F)c3)CC2)cc1F. The molecule has 0 spiro atoms. The van der Waals surface area contributed by atoms with E-state index in [4.69, 9.17) is 4.74 Å². The lowest BCUT2D eigenvalue weighted by Gasteiger charge is -2.33. The Kier molecular flexibility index (Phi) is 12.3. The number of carbonyl (C=O) groups excluding carboxylic acids is 2. The van der Waals surface area contributed by atoms with Crippen molar-refractivity contribution < 1.29 is 33.0 Å². The lowest BCUT2D eigenvalue weighted by molar-refractivity contribution is 0.0649. The van der Waals surface area contributed by atoms with Crippen molar-refractivity contribution >= 4 is 72.4 Å².